The molecular formula is C19H19F3N2O5. The lowest BCUT2D eigenvalue weighted by Gasteiger charge is -2.13. The average molecular weight is 412 g/mol. The number of ether oxygens (including phenoxy) is 3. The van der Waals surface area contributed by atoms with E-state index in [0.717, 1.165) is 0 Å². The van der Waals surface area contributed by atoms with Crippen molar-refractivity contribution in [2.24, 2.45) is 0 Å². The van der Waals surface area contributed by atoms with E-state index in [2.05, 4.69) is 15.0 Å². The minimum Gasteiger partial charge on any atom is -0.493 e. The molecule has 0 fully saturated rings. The van der Waals surface area contributed by atoms with Gasteiger partial charge in [0.05, 0.1) is 7.11 Å². The number of carbonyl (C=O) groups is 2. The van der Waals surface area contributed by atoms with Crippen LogP contribution in [-0.2, 0) is 11.3 Å². The number of carbonyl (C=O) groups excluding carboxylic acids is 2. The first-order valence-electron chi connectivity index (χ1n) is 8.41. The molecule has 1 N–H and O–H groups in total. The van der Waals surface area contributed by atoms with Gasteiger partial charge in [-0.3, -0.25) is 9.59 Å². The Kier molecular flexibility index (Phi) is 7.40. The Hall–Kier alpha value is -3.30. The van der Waals surface area contributed by atoms with E-state index in [1.807, 2.05) is 0 Å². The first-order valence-corrected chi connectivity index (χ1v) is 8.41. The van der Waals surface area contributed by atoms with Gasteiger partial charge in [-0.05, 0) is 31.2 Å². The maximum absolute atomic E-state index is 12.3. The monoisotopic (exact) mass is 412 g/mol. The van der Waals surface area contributed by atoms with Gasteiger partial charge in [0, 0.05) is 23.9 Å². The zero-order chi connectivity index (χ0) is 21.4. The lowest BCUT2D eigenvalue weighted by molar-refractivity contribution is -0.154. The van der Waals surface area contributed by atoms with Crippen molar-refractivity contribution in [2.75, 3.05) is 20.3 Å². The highest BCUT2D eigenvalue weighted by Crippen LogP contribution is 2.28. The van der Waals surface area contributed by atoms with Gasteiger partial charge in [-0.1, -0.05) is 6.07 Å². The van der Waals surface area contributed by atoms with Crippen LogP contribution in [-0.4, -0.2) is 43.2 Å². The normalized spacial score (nSPS) is 10.9. The number of halogens is 3. The minimum atomic E-state index is -4.50. The molecule has 1 aromatic carbocycles. The van der Waals surface area contributed by atoms with Gasteiger partial charge in [-0.25, -0.2) is 4.98 Å². The second-order valence-corrected chi connectivity index (χ2v) is 5.86. The SMILES string of the molecule is COc1cc(C(C)=O)ccc1OCC(=O)NCc1cccnc1OCC(F)(F)F. The zero-order valence-electron chi connectivity index (χ0n) is 15.7. The fourth-order valence-electron chi connectivity index (χ4n) is 2.23. The molecule has 1 amide bonds. The molecule has 0 atom stereocenters. The van der Waals surface area contributed by atoms with Gasteiger partial charge in [0.2, 0.25) is 5.88 Å². The second kappa shape index (κ2) is 9.76. The van der Waals surface area contributed by atoms with Crippen LogP contribution in [0.3, 0.4) is 0 Å². The number of nitrogens with one attached hydrogen (secondary N) is 1. The number of nitrogens with zero attached hydrogens (tertiary/aromatic N) is 1. The summed E-state index contributed by atoms with van der Waals surface area (Å²) in [7, 11) is 1.40. The summed E-state index contributed by atoms with van der Waals surface area (Å²) in [5.74, 6) is -0.322. The van der Waals surface area contributed by atoms with Crippen LogP contribution in [0.5, 0.6) is 17.4 Å². The number of benzene rings is 1. The van der Waals surface area contributed by atoms with Crippen molar-refractivity contribution in [2.45, 2.75) is 19.6 Å². The maximum Gasteiger partial charge on any atom is 0.422 e. The lowest BCUT2D eigenvalue weighted by Crippen LogP contribution is -2.29. The highest BCUT2D eigenvalue weighted by Gasteiger charge is 2.29. The predicted octanol–water partition coefficient (Wildman–Crippen LogP) is 2.93. The van der Waals surface area contributed by atoms with Crippen LogP contribution >= 0.6 is 0 Å². The molecule has 0 spiro atoms. The molecule has 0 aliphatic rings. The van der Waals surface area contributed by atoms with Crippen LogP contribution in [0.25, 0.3) is 0 Å². The van der Waals surface area contributed by atoms with Crippen LogP contribution in [0.15, 0.2) is 36.5 Å². The van der Waals surface area contributed by atoms with Gasteiger partial charge in [-0.2, -0.15) is 13.2 Å². The number of alkyl halides is 3. The topological polar surface area (TPSA) is 86.8 Å². The number of hydrogen-bond donors (Lipinski definition) is 1. The number of rotatable bonds is 9. The van der Waals surface area contributed by atoms with Crippen molar-refractivity contribution in [1.82, 2.24) is 10.3 Å². The average Bonchev–Trinajstić information content (AvgIpc) is 2.68. The predicted molar refractivity (Wildman–Crippen MR) is 96.1 cm³/mol. The first kappa shape index (κ1) is 22.0. The standard InChI is InChI=1S/C19H19F3N2O5/c1-12(25)13-5-6-15(16(8-13)27-2)28-10-17(26)24-9-14-4-3-7-23-18(14)29-11-19(20,21)22/h3-8H,9-11H2,1-2H3,(H,24,26). The quantitative estimate of drug-likeness (QED) is 0.638. The van der Waals surface area contributed by atoms with E-state index in [4.69, 9.17) is 9.47 Å². The van der Waals surface area contributed by atoms with Crippen molar-refractivity contribution in [3.63, 3.8) is 0 Å². The van der Waals surface area contributed by atoms with Crippen molar-refractivity contribution < 1.29 is 37.0 Å². The number of Topliss-reactive ketones (excluding diaryl/α,β-unsaturated/α-hetero) is 1. The molecule has 10 heteroatoms. The van der Waals surface area contributed by atoms with Crippen LogP contribution in [0.1, 0.15) is 22.8 Å². The Bertz CT molecular complexity index is 871. The summed E-state index contributed by atoms with van der Waals surface area (Å²) < 4.78 is 52.1. The van der Waals surface area contributed by atoms with Crippen LogP contribution in [0.2, 0.25) is 0 Å². The zero-order valence-corrected chi connectivity index (χ0v) is 15.7. The highest BCUT2D eigenvalue weighted by atomic mass is 19.4. The smallest absolute Gasteiger partial charge is 0.422 e. The molecule has 156 valence electrons. The third-order valence-electron chi connectivity index (χ3n) is 3.63. The van der Waals surface area contributed by atoms with E-state index in [1.165, 1.54) is 50.6 Å². The molecule has 2 rings (SSSR count). The minimum absolute atomic E-state index is 0.0936. The summed E-state index contributed by atoms with van der Waals surface area (Å²) in [6.45, 7) is -0.531. The molecule has 0 unspecified atom stereocenters. The van der Waals surface area contributed by atoms with Crippen molar-refractivity contribution in [3.05, 3.63) is 47.7 Å². The summed E-state index contributed by atoms with van der Waals surface area (Å²) in [6.07, 6.45) is -3.21. The van der Waals surface area contributed by atoms with Crippen LogP contribution in [0, 0.1) is 0 Å². The maximum atomic E-state index is 12.3. The van der Waals surface area contributed by atoms with Crippen molar-refractivity contribution in [1.29, 1.82) is 0 Å². The summed E-state index contributed by atoms with van der Waals surface area (Å²) >= 11 is 0. The fourth-order valence-corrected chi connectivity index (χ4v) is 2.23. The Morgan fingerprint density at radius 3 is 2.55 bits per heavy atom. The number of ketones is 1. The Balaban J connectivity index is 1.92. The molecule has 1 heterocycles. The number of aromatic nitrogens is 1. The van der Waals surface area contributed by atoms with Gasteiger partial charge in [0.25, 0.3) is 5.91 Å². The number of amides is 1. The highest BCUT2D eigenvalue weighted by molar-refractivity contribution is 5.94. The van der Waals surface area contributed by atoms with E-state index in [1.54, 1.807) is 0 Å². The largest absolute Gasteiger partial charge is 0.493 e. The van der Waals surface area contributed by atoms with E-state index in [9.17, 15) is 22.8 Å². The van der Waals surface area contributed by atoms with Gasteiger partial charge in [0.15, 0.2) is 30.5 Å². The molecule has 0 aliphatic heterocycles. The third-order valence-corrected chi connectivity index (χ3v) is 3.63. The molecule has 0 saturated carbocycles. The molecule has 7 nitrogen and oxygen atoms in total. The molecule has 0 bridgehead atoms. The van der Waals surface area contributed by atoms with Crippen LogP contribution < -0.4 is 19.5 Å². The summed E-state index contributed by atoms with van der Waals surface area (Å²) in [5.41, 5.74) is 0.718. The Morgan fingerprint density at radius 1 is 1.14 bits per heavy atom. The summed E-state index contributed by atoms with van der Waals surface area (Å²) in [5, 5.41) is 2.51. The molecule has 0 radical (unpaired) electrons. The molecule has 0 aliphatic carbocycles. The van der Waals surface area contributed by atoms with Crippen LogP contribution in [0.4, 0.5) is 13.2 Å². The van der Waals surface area contributed by atoms with E-state index in [-0.39, 0.29) is 36.1 Å². The summed E-state index contributed by atoms with van der Waals surface area (Å²) in [6, 6.07) is 7.55. The van der Waals surface area contributed by atoms with Gasteiger partial charge in [-0.15, -0.1) is 0 Å². The first-order chi connectivity index (χ1) is 13.7. The molecule has 0 saturated heterocycles. The Morgan fingerprint density at radius 2 is 1.90 bits per heavy atom. The van der Waals surface area contributed by atoms with Gasteiger partial charge >= 0.3 is 6.18 Å². The van der Waals surface area contributed by atoms with E-state index >= 15 is 0 Å². The fraction of sp³-hybridized carbons (Fsp3) is 0.316. The van der Waals surface area contributed by atoms with Gasteiger partial charge < -0.3 is 19.5 Å². The molecular weight excluding hydrogens is 393 g/mol. The van der Waals surface area contributed by atoms with Gasteiger partial charge in [0.1, 0.15) is 0 Å². The van der Waals surface area contributed by atoms with E-state index in [0.29, 0.717) is 11.3 Å². The molecule has 29 heavy (non-hydrogen) atoms. The number of methoxy groups -OCH3 is 1. The van der Waals surface area contributed by atoms with E-state index < -0.39 is 18.7 Å². The lowest BCUT2D eigenvalue weighted by atomic mass is 10.1. The molecule has 1 aromatic heterocycles. The second-order valence-electron chi connectivity index (χ2n) is 5.86. The Labute approximate surface area is 164 Å². The molecule has 2 aromatic rings. The number of hydrogen-bond acceptors (Lipinski definition) is 6. The van der Waals surface area contributed by atoms with Crippen molar-refractivity contribution >= 4 is 11.7 Å². The number of pyridine rings is 1. The van der Waals surface area contributed by atoms with Crippen molar-refractivity contribution in [3.8, 4) is 17.4 Å². The third kappa shape index (κ3) is 6.98. The summed E-state index contributed by atoms with van der Waals surface area (Å²) in [4.78, 5) is 27.2.